The first-order valence-electron chi connectivity index (χ1n) is 5.16. The summed E-state index contributed by atoms with van der Waals surface area (Å²) in [5, 5.41) is 8.62. The van der Waals surface area contributed by atoms with Gasteiger partial charge in [-0.25, -0.2) is 4.79 Å². The SMILES string of the molecule is O=C(O)C1=CCCC1CC(F)(F)C(F)(F)C(F)(F)F. The Morgan fingerprint density at radius 2 is 1.74 bits per heavy atom. The summed E-state index contributed by atoms with van der Waals surface area (Å²) in [5.41, 5.74) is -0.544. The van der Waals surface area contributed by atoms with E-state index in [-0.39, 0.29) is 12.8 Å². The van der Waals surface area contributed by atoms with Gasteiger partial charge in [-0.3, -0.25) is 0 Å². The Bertz CT molecular complexity index is 397. The molecule has 0 aromatic carbocycles. The monoisotopic (exact) mass is 294 g/mol. The van der Waals surface area contributed by atoms with Crippen LogP contribution in [0, 0.1) is 5.92 Å². The molecule has 0 amide bonds. The van der Waals surface area contributed by atoms with E-state index in [1.54, 1.807) is 0 Å². The summed E-state index contributed by atoms with van der Waals surface area (Å²) < 4.78 is 87.2. The molecule has 1 rings (SSSR count). The smallest absolute Gasteiger partial charge is 0.459 e. The Kier molecular flexibility index (Phi) is 3.88. The minimum Gasteiger partial charge on any atom is -0.478 e. The highest BCUT2D eigenvalue weighted by Gasteiger charge is 2.72. The van der Waals surface area contributed by atoms with E-state index < -0.39 is 41.9 Å². The quantitative estimate of drug-likeness (QED) is 0.804. The molecule has 1 atom stereocenters. The molecular weight excluding hydrogens is 285 g/mol. The summed E-state index contributed by atoms with van der Waals surface area (Å²) in [6, 6.07) is 0. The Morgan fingerprint density at radius 3 is 2.16 bits per heavy atom. The van der Waals surface area contributed by atoms with Gasteiger partial charge in [0.05, 0.1) is 0 Å². The van der Waals surface area contributed by atoms with E-state index in [1.165, 1.54) is 0 Å². The average Bonchev–Trinajstić information content (AvgIpc) is 2.62. The molecule has 1 N–H and O–H groups in total. The first kappa shape index (κ1) is 15.8. The molecule has 0 radical (unpaired) electrons. The van der Waals surface area contributed by atoms with Crippen molar-refractivity contribution in [2.75, 3.05) is 0 Å². The highest BCUT2D eigenvalue weighted by Crippen LogP contribution is 2.50. The number of hydrogen-bond donors (Lipinski definition) is 1. The van der Waals surface area contributed by atoms with Crippen molar-refractivity contribution >= 4 is 5.97 Å². The van der Waals surface area contributed by atoms with Gasteiger partial charge < -0.3 is 5.11 Å². The van der Waals surface area contributed by atoms with Gasteiger partial charge in [0, 0.05) is 12.0 Å². The standard InChI is InChI=1S/C10H9F7O2/c11-8(12,9(13,14)10(15,16)17)4-5-2-1-3-6(5)7(18)19/h3,5H,1-2,4H2,(H,18,19). The van der Waals surface area contributed by atoms with Crippen LogP contribution in [0.3, 0.4) is 0 Å². The molecule has 1 aliphatic rings. The minimum atomic E-state index is -6.39. The van der Waals surface area contributed by atoms with Gasteiger partial charge in [-0.2, -0.15) is 30.7 Å². The van der Waals surface area contributed by atoms with Crippen molar-refractivity contribution < 1.29 is 40.6 Å². The maximum atomic E-state index is 13.1. The predicted octanol–water partition coefficient (Wildman–Crippen LogP) is 3.63. The van der Waals surface area contributed by atoms with Gasteiger partial charge in [-0.1, -0.05) is 6.08 Å². The van der Waals surface area contributed by atoms with Crippen LogP contribution in [0.1, 0.15) is 19.3 Å². The van der Waals surface area contributed by atoms with Gasteiger partial charge in [0.1, 0.15) is 0 Å². The van der Waals surface area contributed by atoms with Crippen molar-refractivity contribution in [2.24, 2.45) is 5.92 Å². The molecule has 0 aromatic rings. The second-order valence-corrected chi connectivity index (χ2v) is 4.22. The first-order valence-corrected chi connectivity index (χ1v) is 5.16. The van der Waals surface area contributed by atoms with Gasteiger partial charge in [-0.15, -0.1) is 0 Å². The Morgan fingerprint density at radius 1 is 1.21 bits per heavy atom. The number of hydrogen-bond acceptors (Lipinski definition) is 1. The molecule has 9 heteroatoms. The molecule has 0 saturated heterocycles. The molecule has 0 saturated carbocycles. The number of allylic oxidation sites excluding steroid dienone is 1. The number of rotatable bonds is 4. The molecule has 0 spiro atoms. The van der Waals surface area contributed by atoms with E-state index in [0.29, 0.717) is 0 Å². The summed E-state index contributed by atoms with van der Waals surface area (Å²) in [4.78, 5) is 10.6. The second kappa shape index (κ2) is 4.68. The molecule has 19 heavy (non-hydrogen) atoms. The molecule has 0 aliphatic heterocycles. The molecule has 1 aliphatic carbocycles. The molecule has 0 heterocycles. The third-order valence-electron chi connectivity index (χ3n) is 2.88. The lowest BCUT2D eigenvalue weighted by atomic mass is 9.91. The third-order valence-corrected chi connectivity index (χ3v) is 2.88. The maximum absolute atomic E-state index is 13.1. The fourth-order valence-electron chi connectivity index (χ4n) is 1.88. The summed E-state index contributed by atoms with van der Waals surface area (Å²) in [5.74, 6) is -14.6. The number of halogens is 7. The predicted molar refractivity (Wildman–Crippen MR) is 49.0 cm³/mol. The lowest BCUT2D eigenvalue weighted by molar-refractivity contribution is -0.357. The molecule has 0 bridgehead atoms. The number of aliphatic carboxylic acids is 1. The summed E-state index contributed by atoms with van der Waals surface area (Å²) in [7, 11) is 0. The Balaban J connectivity index is 2.92. The van der Waals surface area contributed by atoms with Crippen molar-refractivity contribution in [3.63, 3.8) is 0 Å². The Hall–Kier alpha value is -1.28. The van der Waals surface area contributed by atoms with Crippen molar-refractivity contribution in [1.82, 2.24) is 0 Å². The molecule has 0 aromatic heterocycles. The van der Waals surface area contributed by atoms with Crippen LogP contribution in [0.25, 0.3) is 0 Å². The van der Waals surface area contributed by atoms with E-state index in [9.17, 15) is 35.5 Å². The van der Waals surface area contributed by atoms with E-state index in [4.69, 9.17) is 5.11 Å². The summed E-state index contributed by atoms with van der Waals surface area (Å²) >= 11 is 0. The van der Waals surface area contributed by atoms with Crippen molar-refractivity contribution in [3.05, 3.63) is 11.6 Å². The normalized spacial score (nSPS) is 21.4. The fourth-order valence-corrected chi connectivity index (χ4v) is 1.88. The number of carboxylic acids is 1. The molecule has 110 valence electrons. The molecule has 2 nitrogen and oxygen atoms in total. The number of carbonyl (C=O) groups is 1. The van der Waals surface area contributed by atoms with Crippen molar-refractivity contribution in [2.45, 2.75) is 37.3 Å². The van der Waals surface area contributed by atoms with E-state index in [2.05, 4.69) is 0 Å². The Labute approximate surface area is 102 Å². The van der Waals surface area contributed by atoms with Crippen LogP contribution in [-0.2, 0) is 4.79 Å². The van der Waals surface area contributed by atoms with Crippen LogP contribution in [0.2, 0.25) is 0 Å². The summed E-state index contributed by atoms with van der Waals surface area (Å²) in [6.07, 6.45) is -7.32. The van der Waals surface area contributed by atoms with Crippen LogP contribution >= 0.6 is 0 Å². The van der Waals surface area contributed by atoms with Crippen LogP contribution in [0.4, 0.5) is 30.7 Å². The van der Waals surface area contributed by atoms with E-state index >= 15 is 0 Å². The number of alkyl halides is 7. The first-order chi connectivity index (χ1) is 8.40. The lowest BCUT2D eigenvalue weighted by Gasteiger charge is -2.30. The minimum absolute atomic E-state index is 0.0555. The fraction of sp³-hybridized carbons (Fsp3) is 0.700. The summed E-state index contributed by atoms with van der Waals surface area (Å²) in [6.45, 7) is 0. The lowest BCUT2D eigenvalue weighted by Crippen LogP contribution is -2.52. The van der Waals surface area contributed by atoms with Crippen LogP contribution < -0.4 is 0 Å². The van der Waals surface area contributed by atoms with Crippen LogP contribution in [-0.4, -0.2) is 29.1 Å². The zero-order valence-electron chi connectivity index (χ0n) is 9.28. The molecular formula is C10H9F7O2. The van der Waals surface area contributed by atoms with Gasteiger partial charge in [0.15, 0.2) is 0 Å². The zero-order valence-corrected chi connectivity index (χ0v) is 9.28. The third kappa shape index (κ3) is 2.84. The van der Waals surface area contributed by atoms with Crippen LogP contribution in [0.15, 0.2) is 11.6 Å². The number of carboxylic acid groups (broad SMARTS) is 1. The zero-order chi connectivity index (χ0) is 15.1. The highest BCUT2D eigenvalue weighted by molar-refractivity contribution is 5.87. The molecule has 1 unspecified atom stereocenters. The van der Waals surface area contributed by atoms with E-state index in [0.717, 1.165) is 6.08 Å². The molecule has 0 fully saturated rings. The van der Waals surface area contributed by atoms with E-state index in [1.807, 2.05) is 0 Å². The van der Waals surface area contributed by atoms with Gasteiger partial charge in [0.25, 0.3) is 0 Å². The van der Waals surface area contributed by atoms with Gasteiger partial charge in [-0.05, 0) is 18.8 Å². The van der Waals surface area contributed by atoms with Gasteiger partial charge in [0.2, 0.25) is 0 Å². The average molecular weight is 294 g/mol. The van der Waals surface area contributed by atoms with Crippen molar-refractivity contribution in [1.29, 1.82) is 0 Å². The highest BCUT2D eigenvalue weighted by atomic mass is 19.4. The topological polar surface area (TPSA) is 37.3 Å². The van der Waals surface area contributed by atoms with Gasteiger partial charge >= 0.3 is 24.0 Å². The maximum Gasteiger partial charge on any atom is 0.459 e. The second-order valence-electron chi connectivity index (χ2n) is 4.22. The van der Waals surface area contributed by atoms with Crippen LogP contribution in [0.5, 0.6) is 0 Å². The largest absolute Gasteiger partial charge is 0.478 e. The van der Waals surface area contributed by atoms with Crippen molar-refractivity contribution in [3.8, 4) is 0 Å².